The summed E-state index contributed by atoms with van der Waals surface area (Å²) >= 11 is 0. The quantitative estimate of drug-likeness (QED) is 0.552. The van der Waals surface area contributed by atoms with Gasteiger partial charge in [-0.05, 0) is 54.8 Å². The summed E-state index contributed by atoms with van der Waals surface area (Å²) in [4.78, 5) is 0. The third-order valence-electron chi connectivity index (χ3n) is 6.02. The molecule has 0 heterocycles. The van der Waals surface area contributed by atoms with Crippen molar-refractivity contribution in [3.05, 3.63) is 0 Å². The molecule has 6 atom stereocenters. The van der Waals surface area contributed by atoms with E-state index in [1.807, 2.05) is 13.8 Å². The van der Waals surface area contributed by atoms with Crippen molar-refractivity contribution in [2.45, 2.75) is 80.1 Å². The standard InChI is InChI=1S/C16H30.C2H6/c1-5-11(2)16-10-12(3)13(4)14-8-6-7-9-15(14)16;1-2/h11-16H,5-10H2,1-4H3;1-2H3. The molecule has 2 saturated carbocycles. The molecular formula is C18H36. The fourth-order valence-corrected chi connectivity index (χ4v) is 4.57. The summed E-state index contributed by atoms with van der Waals surface area (Å²) in [5.74, 6) is 6.11. The molecule has 2 aliphatic rings. The van der Waals surface area contributed by atoms with Crippen LogP contribution in [0.4, 0.5) is 0 Å². The zero-order valence-electron chi connectivity index (χ0n) is 13.7. The van der Waals surface area contributed by atoms with Gasteiger partial charge in [0.1, 0.15) is 0 Å². The minimum absolute atomic E-state index is 0.959. The normalized spacial score (nSPS) is 41.3. The summed E-state index contributed by atoms with van der Waals surface area (Å²) in [5.41, 5.74) is 0. The molecule has 0 N–H and O–H groups in total. The Labute approximate surface area is 116 Å². The highest BCUT2D eigenvalue weighted by Crippen LogP contribution is 2.51. The average molecular weight is 252 g/mol. The average Bonchev–Trinajstić information content (AvgIpc) is 2.44. The number of hydrogen-bond acceptors (Lipinski definition) is 0. The number of rotatable bonds is 2. The van der Waals surface area contributed by atoms with Gasteiger partial charge in [0, 0.05) is 0 Å². The van der Waals surface area contributed by atoms with E-state index in [0.29, 0.717) is 0 Å². The van der Waals surface area contributed by atoms with E-state index in [1.54, 1.807) is 0 Å². The van der Waals surface area contributed by atoms with Crippen molar-refractivity contribution in [3.63, 3.8) is 0 Å². The second-order valence-electron chi connectivity index (χ2n) is 6.73. The lowest BCUT2D eigenvalue weighted by molar-refractivity contribution is -0.00243. The highest BCUT2D eigenvalue weighted by Gasteiger charge is 2.42. The Balaban J connectivity index is 0.000000771. The van der Waals surface area contributed by atoms with Crippen LogP contribution in [0.25, 0.3) is 0 Å². The van der Waals surface area contributed by atoms with Gasteiger partial charge in [0.25, 0.3) is 0 Å². The predicted octanol–water partition coefficient (Wildman–Crippen LogP) is 6.16. The molecule has 2 aliphatic carbocycles. The molecule has 0 aromatic carbocycles. The van der Waals surface area contributed by atoms with Gasteiger partial charge >= 0.3 is 0 Å². The zero-order valence-corrected chi connectivity index (χ0v) is 13.7. The first-order valence-corrected chi connectivity index (χ1v) is 8.65. The Bertz CT molecular complexity index is 220. The summed E-state index contributed by atoms with van der Waals surface area (Å²) in [5, 5.41) is 0. The summed E-state index contributed by atoms with van der Waals surface area (Å²) < 4.78 is 0. The van der Waals surface area contributed by atoms with Crippen molar-refractivity contribution in [2.75, 3.05) is 0 Å². The van der Waals surface area contributed by atoms with Crippen LogP contribution in [0.5, 0.6) is 0 Å². The Morgan fingerprint density at radius 2 is 1.56 bits per heavy atom. The van der Waals surface area contributed by atoms with Crippen molar-refractivity contribution in [1.82, 2.24) is 0 Å². The topological polar surface area (TPSA) is 0 Å². The fourth-order valence-electron chi connectivity index (χ4n) is 4.57. The van der Waals surface area contributed by atoms with Crippen LogP contribution < -0.4 is 0 Å². The molecule has 0 spiro atoms. The van der Waals surface area contributed by atoms with Gasteiger partial charge in [0.15, 0.2) is 0 Å². The highest BCUT2D eigenvalue weighted by atomic mass is 14.5. The van der Waals surface area contributed by atoms with Crippen LogP contribution in [0.3, 0.4) is 0 Å². The maximum Gasteiger partial charge on any atom is -0.0352 e. The van der Waals surface area contributed by atoms with Gasteiger partial charge in [-0.15, -0.1) is 0 Å². The summed E-state index contributed by atoms with van der Waals surface area (Å²) in [6.07, 6.45) is 8.98. The Morgan fingerprint density at radius 3 is 2.11 bits per heavy atom. The monoisotopic (exact) mass is 252 g/mol. The molecular weight excluding hydrogens is 216 g/mol. The second kappa shape index (κ2) is 7.56. The van der Waals surface area contributed by atoms with E-state index in [-0.39, 0.29) is 0 Å². The first kappa shape index (κ1) is 16.1. The Kier molecular flexibility index (Phi) is 6.74. The lowest BCUT2D eigenvalue weighted by Crippen LogP contribution is -2.42. The van der Waals surface area contributed by atoms with Crippen molar-refractivity contribution in [1.29, 1.82) is 0 Å². The molecule has 18 heavy (non-hydrogen) atoms. The Morgan fingerprint density at radius 1 is 1.00 bits per heavy atom. The number of hydrogen-bond donors (Lipinski definition) is 0. The largest absolute Gasteiger partial charge is 0.0683 e. The van der Waals surface area contributed by atoms with E-state index < -0.39 is 0 Å². The van der Waals surface area contributed by atoms with Gasteiger partial charge in [-0.25, -0.2) is 0 Å². The van der Waals surface area contributed by atoms with Crippen molar-refractivity contribution < 1.29 is 0 Å². The van der Waals surface area contributed by atoms with Gasteiger partial charge in [0.05, 0.1) is 0 Å². The summed E-state index contributed by atoms with van der Waals surface area (Å²) in [6, 6.07) is 0. The van der Waals surface area contributed by atoms with Crippen LogP contribution in [0.15, 0.2) is 0 Å². The molecule has 0 nitrogen and oxygen atoms in total. The van der Waals surface area contributed by atoms with Crippen LogP contribution in [-0.2, 0) is 0 Å². The number of fused-ring (bicyclic) bond motifs is 1. The summed E-state index contributed by atoms with van der Waals surface area (Å²) in [7, 11) is 0. The van der Waals surface area contributed by atoms with E-state index in [4.69, 9.17) is 0 Å². The molecule has 0 radical (unpaired) electrons. The lowest BCUT2D eigenvalue weighted by atomic mass is 9.56. The predicted molar refractivity (Wildman–Crippen MR) is 82.7 cm³/mol. The van der Waals surface area contributed by atoms with Crippen LogP contribution in [0.1, 0.15) is 80.1 Å². The molecule has 2 fully saturated rings. The molecule has 0 aromatic heterocycles. The van der Waals surface area contributed by atoms with E-state index in [0.717, 1.165) is 35.5 Å². The molecule has 6 unspecified atom stereocenters. The van der Waals surface area contributed by atoms with E-state index >= 15 is 0 Å². The minimum atomic E-state index is 0.959. The maximum atomic E-state index is 2.53. The van der Waals surface area contributed by atoms with Crippen LogP contribution in [0.2, 0.25) is 0 Å². The maximum absolute atomic E-state index is 2.53. The SMILES string of the molecule is CC.CCC(C)C1CC(C)C(C)C2CCCCC12. The fraction of sp³-hybridized carbons (Fsp3) is 1.00. The summed E-state index contributed by atoms with van der Waals surface area (Å²) in [6.45, 7) is 13.9. The lowest BCUT2D eigenvalue weighted by Gasteiger charge is -2.50. The van der Waals surface area contributed by atoms with Crippen LogP contribution >= 0.6 is 0 Å². The molecule has 0 heteroatoms. The molecule has 0 bridgehead atoms. The smallest absolute Gasteiger partial charge is 0.0352 e. The van der Waals surface area contributed by atoms with Crippen LogP contribution in [-0.4, -0.2) is 0 Å². The van der Waals surface area contributed by atoms with E-state index in [1.165, 1.54) is 38.5 Å². The van der Waals surface area contributed by atoms with Gasteiger partial charge < -0.3 is 0 Å². The Hall–Kier alpha value is 0. The van der Waals surface area contributed by atoms with Gasteiger partial charge in [0.2, 0.25) is 0 Å². The molecule has 0 amide bonds. The molecule has 0 aliphatic heterocycles. The van der Waals surface area contributed by atoms with Gasteiger partial charge in [-0.1, -0.05) is 60.8 Å². The third-order valence-corrected chi connectivity index (χ3v) is 6.02. The molecule has 2 rings (SSSR count). The molecule has 108 valence electrons. The van der Waals surface area contributed by atoms with Crippen molar-refractivity contribution >= 4 is 0 Å². The highest BCUT2D eigenvalue weighted by molar-refractivity contribution is 4.92. The first-order valence-electron chi connectivity index (χ1n) is 8.65. The van der Waals surface area contributed by atoms with E-state index in [9.17, 15) is 0 Å². The van der Waals surface area contributed by atoms with Crippen LogP contribution in [0, 0.1) is 35.5 Å². The van der Waals surface area contributed by atoms with Crippen molar-refractivity contribution in [2.24, 2.45) is 35.5 Å². The first-order chi connectivity index (χ1) is 8.65. The molecule has 0 saturated heterocycles. The van der Waals surface area contributed by atoms with Crippen molar-refractivity contribution in [3.8, 4) is 0 Å². The third kappa shape index (κ3) is 3.31. The molecule has 0 aromatic rings. The minimum Gasteiger partial charge on any atom is -0.0683 e. The van der Waals surface area contributed by atoms with E-state index in [2.05, 4.69) is 27.7 Å². The zero-order chi connectivity index (χ0) is 13.7. The van der Waals surface area contributed by atoms with Gasteiger partial charge in [-0.3, -0.25) is 0 Å². The van der Waals surface area contributed by atoms with Gasteiger partial charge in [-0.2, -0.15) is 0 Å². The second-order valence-corrected chi connectivity index (χ2v) is 6.73.